The number of aromatic carboxylic acids is 1. The van der Waals surface area contributed by atoms with Crippen molar-refractivity contribution in [3.8, 4) is 11.5 Å². The smallest absolute Gasteiger partial charge is 0.337 e. The Kier molecular flexibility index (Phi) is 4.94. The van der Waals surface area contributed by atoms with E-state index in [0.717, 1.165) is 0 Å². The van der Waals surface area contributed by atoms with Crippen LogP contribution in [0.4, 0.5) is 10.1 Å². The number of halogens is 1. The van der Waals surface area contributed by atoms with Crippen LogP contribution in [0.2, 0.25) is 0 Å². The molecule has 6 heteroatoms. The number of benzene rings is 3. The van der Waals surface area contributed by atoms with Crippen molar-refractivity contribution in [3.05, 3.63) is 89.7 Å². The molecule has 3 aromatic carbocycles. The summed E-state index contributed by atoms with van der Waals surface area (Å²) < 4.78 is 18.4. The second-order valence-corrected chi connectivity index (χ2v) is 5.39. The largest absolute Gasteiger partial charge is 0.478 e. The standard InChI is InChI=1S/C20H14FNO4/c21-14-7-11-16(12-8-14)26-15-9-5-13(6-10-15)19(23)22-18-4-2-1-3-17(18)20(24)25/h1-12H,(H,22,23)(H,24,25). The highest BCUT2D eigenvalue weighted by atomic mass is 19.1. The van der Waals surface area contributed by atoms with Crippen molar-refractivity contribution in [3.63, 3.8) is 0 Å². The van der Waals surface area contributed by atoms with Gasteiger partial charge in [-0.2, -0.15) is 0 Å². The molecular formula is C20H14FNO4. The molecule has 0 spiro atoms. The number of hydrogen-bond acceptors (Lipinski definition) is 3. The molecule has 0 aliphatic rings. The summed E-state index contributed by atoms with van der Waals surface area (Å²) in [5, 5.41) is 11.7. The predicted octanol–water partition coefficient (Wildman–Crippen LogP) is 4.57. The molecule has 3 aromatic rings. The van der Waals surface area contributed by atoms with Gasteiger partial charge >= 0.3 is 5.97 Å². The Morgan fingerprint density at radius 1 is 0.846 bits per heavy atom. The lowest BCUT2D eigenvalue weighted by atomic mass is 10.1. The molecule has 1 amide bonds. The van der Waals surface area contributed by atoms with Gasteiger partial charge in [0.1, 0.15) is 17.3 Å². The summed E-state index contributed by atoms with van der Waals surface area (Å²) in [6.45, 7) is 0. The Balaban J connectivity index is 1.71. The van der Waals surface area contributed by atoms with Crippen molar-refractivity contribution in [2.75, 3.05) is 5.32 Å². The molecule has 0 aromatic heterocycles. The normalized spacial score (nSPS) is 10.2. The number of anilines is 1. The molecule has 130 valence electrons. The predicted molar refractivity (Wildman–Crippen MR) is 94.3 cm³/mol. The van der Waals surface area contributed by atoms with E-state index < -0.39 is 11.9 Å². The molecule has 26 heavy (non-hydrogen) atoms. The molecule has 0 aliphatic heterocycles. The SMILES string of the molecule is O=C(Nc1ccccc1C(=O)O)c1ccc(Oc2ccc(F)cc2)cc1. The summed E-state index contributed by atoms with van der Waals surface area (Å²) in [4.78, 5) is 23.5. The van der Waals surface area contributed by atoms with E-state index in [0.29, 0.717) is 17.1 Å². The maximum atomic E-state index is 12.9. The van der Waals surface area contributed by atoms with Crippen LogP contribution in [-0.4, -0.2) is 17.0 Å². The Bertz CT molecular complexity index is 937. The van der Waals surface area contributed by atoms with Crippen LogP contribution in [0.15, 0.2) is 72.8 Å². The van der Waals surface area contributed by atoms with Crippen molar-refractivity contribution in [1.29, 1.82) is 0 Å². The second-order valence-electron chi connectivity index (χ2n) is 5.39. The first-order valence-electron chi connectivity index (χ1n) is 7.70. The maximum Gasteiger partial charge on any atom is 0.337 e. The lowest BCUT2D eigenvalue weighted by molar-refractivity contribution is 0.0698. The zero-order valence-corrected chi connectivity index (χ0v) is 13.5. The lowest BCUT2D eigenvalue weighted by Crippen LogP contribution is -2.14. The molecule has 0 radical (unpaired) electrons. The van der Waals surface area contributed by atoms with Gasteiger partial charge in [-0.15, -0.1) is 0 Å². The van der Waals surface area contributed by atoms with Crippen molar-refractivity contribution >= 4 is 17.6 Å². The number of nitrogens with one attached hydrogen (secondary N) is 1. The van der Waals surface area contributed by atoms with Crippen LogP contribution < -0.4 is 10.1 Å². The molecule has 0 fully saturated rings. The van der Waals surface area contributed by atoms with Crippen LogP contribution >= 0.6 is 0 Å². The number of carboxylic acids is 1. The molecule has 0 saturated heterocycles. The average Bonchev–Trinajstić information content (AvgIpc) is 2.64. The van der Waals surface area contributed by atoms with Gasteiger partial charge in [-0.25, -0.2) is 9.18 Å². The molecule has 0 aliphatic carbocycles. The van der Waals surface area contributed by atoms with Crippen LogP contribution in [0.1, 0.15) is 20.7 Å². The fraction of sp³-hybridized carbons (Fsp3) is 0. The van der Waals surface area contributed by atoms with E-state index in [1.165, 1.54) is 36.4 Å². The van der Waals surface area contributed by atoms with Crippen LogP contribution in [0.5, 0.6) is 11.5 Å². The number of hydrogen-bond donors (Lipinski definition) is 2. The first-order valence-corrected chi connectivity index (χ1v) is 7.70. The average molecular weight is 351 g/mol. The zero-order chi connectivity index (χ0) is 18.5. The Labute approximate surface area is 148 Å². The maximum absolute atomic E-state index is 12.9. The van der Waals surface area contributed by atoms with Gasteiger partial charge in [0.15, 0.2) is 0 Å². The van der Waals surface area contributed by atoms with Crippen LogP contribution in [0, 0.1) is 5.82 Å². The number of carbonyl (C=O) groups is 2. The quantitative estimate of drug-likeness (QED) is 0.706. The van der Waals surface area contributed by atoms with Crippen LogP contribution in [-0.2, 0) is 0 Å². The molecule has 0 bridgehead atoms. The Morgan fingerprint density at radius 3 is 2.04 bits per heavy atom. The minimum atomic E-state index is -1.12. The summed E-state index contributed by atoms with van der Waals surface area (Å²) in [6, 6.07) is 18.0. The van der Waals surface area contributed by atoms with E-state index in [1.807, 2.05) is 0 Å². The van der Waals surface area contributed by atoms with E-state index in [4.69, 9.17) is 9.84 Å². The molecule has 0 atom stereocenters. The summed E-state index contributed by atoms with van der Waals surface area (Å²) in [5.74, 6) is -0.958. The summed E-state index contributed by atoms with van der Waals surface area (Å²) in [5.41, 5.74) is 0.574. The molecule has 3 rings (SSSR count). The molecular weight excluding hydrogens is 337 g/mol. The third-order valence-electron chi connectivity index (χ3n) is 3.57. The minimum Gasteiger partial charge on any atom is -0.478 e. The topological polar surface area (TPSA) is 75.6 Å². The Hall–Kier alpha value is -3.67. The number of carbonyl (C=O) groups excluding carboxylic acids is 1. The van der Waals surface area contributed by atoms with Gasteiger partial charge in [-0.05, 0) is 60.7 Å². The van der Waals surface area contributed by atoms with E-state index in [-0.39, 0.29) is 17.1 Å². The number of carboxylic acid groups (broad SMARTS) is 1. The highest BCUT2D eigenvalue weighted by molar-refractivity contribution is 6.07. The first-order chi connectivity index (χ1) is 12.5. The van der Waals surface area contributed by atoms with Crippen molar-refractivity contribution < 1.29 is 23.8 Å². The van der Waals surface area contributed by atoms with Gasteiger partial charge in [0.25, 0.3) is 5.91 Å². The van der Waals surface area contributed by atoms with Gasteiger partial charge in [0.2, 0.25) is 0 Å². The van der Waals surface area contributed by atoms with Crippen molar-refractivity contribution in [1.82, 2.24) is 0 Å². The number of rotatable bonds is 5. The fourth-order valence-corrected chi connectivity index (χ4v) is 2.29. The highest BCUT2D eigenvalue weighted by Crippen LogP contribution is 2.22. The van der Waals surface area contributed by atoms with Gasteiger partial charge in [0.05, 0.1) is 11.3 Å². The van der Waals surface area contributed by atoms with Crippen LogP contribution in [0.3, 0.4) is 0 Å². The number of amides is 1. The van der Waals surface area contributed by atoms with Crippen molar-refractivity contribution in [2.24, 2.45) is 0 Å². The second kappa shape index (κ2) is 7.48. The summed E-state index contributed by atoms with van der Waals surface area (Å²) in [6.07, 6.45) is 0. The van der Waals surface area contributed by atoms with Gasteiger partial charge in [-0.1, -0.05) is 12.1 Å². The molecule has 0 saturated carbocycles. The van der Waals surface area contributed by atoms with Gasteiger partial charge < -0.3 is 15.2 Å². The Morgan fingerprint density at radius 2 is 1.42 bits per heavy atom. The third-order valence-corrected chi connectivity index (χ3v) is 3.57. The third kappa shape index (κ3) is 4.05. The van der Waals surface area contributed by atoms with Gasteiger partial charge in [-0.3, -0.25) is 4.79 Å². The molecule has 2 N–H and O–H groups in total. The molecule has 0 heterocycles. The van der Waals surface area contributed by atoms with Gasteiger partial charge in [0, 0.05) is 5.56 Å². The zero-order valence-electron chi connectivity index (χ0n) is 13.5. The number of ether oxygens (including phenoxy) is 1. The minimum absolute atomic E-state index is 0.0112. The monoisotopic (exact) mass is 351 g/mol. The van der Waals surface area contributed by atoms with Crippen LogP contribution in [0.25, 0.3) is 0 Å². The summed E-state index contributed by atoms with van der Waals surface area (Å²) in [7, 11) is 0. The first kappa shape index (κ1) is 17.2. The van der Waals surface area contributed by atoms with E-state index in [9.17, 15) is 14.0 Å². The number of para-hydroxylation sites is 1. The summed E-state index contributed by atoms with van der Waals surface area (Å²) >= 11 is 0. The van der Waals surface area contributed by atoms with E-state index in [1.54, 1.807) is 36.4 Å². The molecule has 5 nitrogen and oxygen atoms in total. The van der Waals surface area contributed by atoms with E-state index in [2.05, 4.69) is 5.32 Å². The van der Waals surface area contributed by atoms with Crippen molar-refractivity contribution in [2.45, 2.75) is 0 Å². The fourth-order valence-electron chi connectivity index (χ4n) is 2.29. The highest BCUT2D eigenvalue weighted by Gasteiger charge is 2.13. The van der Waals surface area contributed by atoms with E-state index >= 15 is 0 Å². The molecule has 0 unspecified atom stereocenters. The lowest BCUT2D eigenvalue weighted by Gasteiger charge is -2.09.